The number of nitrogen functional groups attached to an aromatic ring is 1. The number of anilines is 1. The van der Waals surface area contributed by atoms with Crippen molar-refractivity contribution in [3.63, 3.8) is 0 Å². The number of ether oxygens (including phenoxy) is 3. The van der Waals surface area contributed by atoms with Crippen molar-refractivity contribution in [3.05, 3.63) is 52.2 Å². The number of nitrogens with two attached hydrogens (primary N) is 1. The summed E-state index contributed by atoms with van der Waals surface area (Å²) in [6.07, 6.45) is -4.16. The van der Waals surface area contributed by atoms with Crippen LogP contribution in [0.15, 0.2) is 18.3 Å². The predicted octanol–water partition coefficient (Wildman–Crippen LogP) is 3.17. The van der Waals surface area contributed by atoms with Gasteiger partial charge in [-0.3, -0.25) is 9.78 Å². The standard InChI is InChI=1S/C23H23F4N5O4/c1-34-19-2-3-35-10-18(19)32(7-17-14(24)4-11(6-29-17)23(25,26)27)22(33)16-5-15-20(30-16)12-8-36-9-13(12)21(28)31-15/h4-6,18-19,30H,2-3,7-10H2,1H3,(H2,28,31)/t18-,19-/m1/s1. The second kappa shape index (κ2) is 9.30. The summed E-state index contributed by atoms with van der Waals surface area (Å²) in [7, 11) is 1.49. The van der Waals surface area contributed by atoms with Gasteiger partial charge in [0.05, 0.1) is 60.8 Å². The zero-order valence-corrected chi connectivity index (χ0v) is 19.2. The molecule has 9 nitrogen and oxygen atoms in total. The molecule has 0 unspecified atom stereocenters. The molecule has 0 aliphatic carbocycles. The second-order valence-corrected chi connectivity index (χ2v) is 8.68. The Labute approximate surface area is 202 Å². The predicted molar refractivity (Wildman–Crippen MR) is 118 cm³/mol. The highest BCUT2D eigenvalue weighted by molar-refractivity contribution is 5.98. The number of fused-ring (bicyclic) bond motifs is 3. The zero-order valence-electron chi connectivity index (χ0n) is 19.2. The lowest BCUT2D eigenvalue weighted by Crippen LogP contribution is -2.52. The van der Waals surface area contributed by atoms with Crippen molar-refractivity contribution in [1.82, 2.24) is 19.9 Å². The molecule has 36 heavy (non-hydrogen) atoms. The first-order valence-corrected chi connectivity index (χ1v) is 11.2. The molecule has 0 saturated carbocycles. The molecule has 5 rings (SSSR count). The van der Waals surface area contributed by atoms with Gasteiger partial charge in [-0.1, -0.05) is 0 Å². The fourth-order valence-electron chi connectivity index (χ4n) is 4.62. The van der Waals surface area contributed by atoms with E-state index in [0.717, 1.165) is 11.1 Å². The largest absolute Gasteiger partial charge is 0.417 e. The maximum atomic E-state index is 14.7. The molecule has 0 bridgehead atoms. The first kappa shape index (κ1) is 24.4. The third-order valence-electron chi connectivity index (χ3n) is 6.53. The number of halogens is 4. The lowest BCUT2D eigenvalue weighted by molar-refractivity contribution is -0.138. The Kier molecular flexibility index (Phi) is 6.30. The number of aromatic amines is 1. The molecule has 13 heteroatoms. The molecule has 1 saturated heterocycles. The number of rotatable bonds is 5. The Morgan fingerprint density at radius 3 is 2.78 bits per heavy atom. The molecular weight excluding hydrogens is 486 g/mol. The lowest BCUT2D eigenvalue weighted by Gasteiger charge is -2.38. The SMILES string of the molecule is CO[C@@H]1CCOC[C@H]1N(Cc1ncc(C(F)(F)F)cc1F)C(=O)c1cc2nc(N)c3c(c2[nH]1)COC3. The third kappa shape index (κ3) is 4.38. The number of pyridine rings is 2. The summed E-state index contributed by atoms with van der Waals surface area (Å²) in [5.74, 6) is -1.41. The molecule has 3 aromatic rings. The van der Waals surface area contributed by atoms with Gasteiger partial charge in [0.25, 0.3) is 5.91 Å². The van der Waals surface area contributed by atoms with Gasteiger partial charge in [-0.05, 0) is 18.6 Å². The number of nitrogens with one attached hydrogen (secondary N) is 1. The lowest BCUT2D eigenvalue weighted by atomic mass is 10.0. The number of hydrogen-bond donors (Lipinski definition) is 2. The number of aromatic nitrogens is 3. The summed E-state index contributed by atoms with van der Waals surface area (Å²) in [6, 6.07) is 1.26. The molecule has 1 fully saturated rings. The van der Waals surface area contributed by atoms with Gasteiger partial charge in [-0.25, -0.2) is 9.37 Å². The first-order chi connectivity index (χ1) is 17.2. The van der Waals surface area contributed by atoms with E-state index in [-0.39, 0.29) is 18.0 Å². The molecule has 3 aromatic heterocycles. The van der Waals surface area contributed by atoms with Crippen LogP contribution in [0.5, 0.6) is 0 Å². The minimum Gasteiger partial charge on any atom is -0.383 e. The van der Waals surface area contributed by atoms with Crippen molar-refractivity contribution in [1.29, 1.82) is 0 Å². The number of H-pyrrole nitrogens is 1. The van der Waals surface area contributed by atoms with Gasteiger partial charge in [-0.2, -0.15) is 13.2 Å². The van der Waals surface area contributed by atoms with Crippen LogP contribution in [0.3, 0.4) is 0 Å². The average molecular weight is 509 g/mol. The summed E-state index contributed by atoms with van der Waals surface area (Å²) < 4.78 is 70.3. The monoisotopic (exact) mass is 509 g/mol. The van der Waals surface area contributed by atoms with Crippen molar-refractivity contribution in [2.24, 2.45) is 0 Å². The summed E-state index contributed by atoms with van der Waals surface area (Å²) >= 11 is 0. The highest BCUT2D eigenvalue weighted by Gasteiger charge is 2.37. The van der Waals surface area contributed by atoms with E-state index in [1.807, 2.05) is 0 Å². The molecule has 2 aliphatic heterocycles. The fraction of sp³-hybridized carbons (Fsp3) is 0.435. The van der Waals surface area contributed by atoms with Crippen LogP contribution in [-0.4, -0.2) is 58.2 Å². The number of amides is 1. The van der Waals surface area contributed by atoms with Crippen LogP contribution in [0.4, 0.5) is 23.4 Å². The number of hydrogen-bond acceptors (Lipinski definition) is 7. The Hall–Kier alpha value is -3.29. The van der Waals surface area contributed by atoms with Crippen LogP contribution in [0, 0.1) is 5.82 Å². The van der Waals surface area contributed by atoms with Gasteiger partial charge in [-0.15, -0.1) is 0 Å². The minimum absolute atomic E-state index is 0.0984. The van der Waals surface area contributed by atoms with Gasteiger partial charge in [0, 0.05) is 31.0 Å². The van der Waals surface area contributed by atoms with Gasteiger partial charge in [0.2, 0.25) is 0 Å². The van der Waals surface area contributed by atoms with Gasteiger partial charge in [0.1, 0.15) is 17.3 Å². The van der Waals surface area contributed by atoms with Crippen LogP contribution >= 0.6 is 0 Å². The number of methoxy groups -OCH3 is 1. The van der Waals surface area contributed by atoms with Crippen LogP contribution in [0.2, 0.25) is 0 Å². The minimum atomic E-state index is -4.75. The number of alkyl halides is 3. The number of carbonyl (C=O) groups excluding carboxylic acids is 1. The second-order valence-electron chi connectivity index (χ2n) is 8.68. The van der Waals surface area contributed by atoms with E-state index in [2.05, 4.69) is 15.0 Å². The summed E-state index contributed by atoms with van der Waals surface area (Å²) in [5, 5.41) is 0. The molecule has 5 heterocycles. The molecule has 3 N–H and O–H groups in total. The highest BCUT2D eigenvalue weighted by Crippen LogP contribution is 2.33. The Bertz CT molecular complexity index is 1310. The Balaban J connectivity index is 1.53. The molecule has 0 radical (unpaired) electrons. The van der Waals surface area contributed by atoms with E-state index in [4.69, 9.17) is 19.9 Å². The van der Waals surface area contributed by atoms with E-state index in [1.165, 1.54) is 18.1 Å². The maximum Gasteiger partial charge on any atom is 0.417 e. The first-order valence-electron chi connectivity index (χ1n) is 11.2. The van der Waals surface area contributed by atoms with E-state index in [9.17, 15) is 22.4 Å². The summed E-state index contributed by atoms with van der Waals surface area (Å²) in [6.45, 7) is 0.724. The van der Waals surface area contributed by atoms with Crippen molar-refractivity contribution in [2.75, 3.05) is 26.1 Å². The van der Waals surface area contributed by atoms with Gasteiger partial charge in [0.15, 0.2) is 0 Å². The van der Waals surface area contributed by atoms with Gasteiger partial charge >= 0.3 is 6.18 Å². The van der Waals surface area contributed by atoms with Crippen LogP contribution in [0.25, 0.3) is 11.0 Å². The molecule has 192 valence electrons. The topological polar surface area (TPSA) is 116 Å². The molecule has 1 amide bonds. The van der Waals surface area contributed by atoms with Crippen molar-refractivity contribution in [2.45, 2.75) is 44.5 Å². The third-order valence-corrected chi connectivity index (χ3v) is 6.53. The Morgan fingerprint density at radius 1 is 1.28 bits per heavy atom. The highest BCUT2D eigenvalue weighted by atomic mass is 19.4. The summed E-state index contributed by atoms with van der Waals surface area (Å²) in [5.41, 5.74) is 7.25. The zero-order chi connectivity index (χ0) is 25.6. The van der Waals surface area contributed by atoms with Gasteiger partial charge < -0.3 is 29.8 Å². The van der Waals surface area contributed by atoms with Crippen LogP contribution in [0.1, 0.15) is 39.3 Å². The molecular formula is C23H23F4N5O4. The van der Waals surface area contributed by atoms with E-state index >= 15 is 0 Å². The quantitative estimate of drug-likeness (QED) is 0.508. The molecule has 0 spiro atoms. The smallest absolute Gasteiger partial charge is 0.383 e. The van der Waals surface area contributed by atoms with E-state index in [1.54, 1.807) is 0 Å². The van der Waals surface area contributed by atoms with Crippen LogP contribution in [-0.2, 0) is 40.1 Å². The molecule has 2 atom stereocenters. The molecule has 0 aromatic carbocycles. The van der Waals surface area contributed by atoms with Crippen molar-refractivity contribution < 1.29 is 36.6 Å². The maximum absolute atomic E-state index is 14.7. The summed E-state index contributed by atoms with van der Waals surface area (Å²) in [4.78, 5) is 26.2. The normalized spacial score (nSPS) is 20.0. The van der Waals surface area contributed by atoms with Crippen LogP contribution < -0.4 is 5.73 Å². The molecule has 2 aliphatic rings. The van der Waals surface area contributed by atoms with Crippen molar-refractivity contribution >= 4 is 22.8 Å². The Morgan fingerprint density at radius 2 is 2.06 bits per heavy atom. The fourth-order valence-corrected chi connectivity index (χ4v) is 4.62. The number of carbonyl (C=O) groups is 1. The van der Waals surface area contributed by atoms with E-state index < -0.39 is 42.2 Å². The number of nitrogens with zero attached hydrogens (tertiary/aromatic N) is 3. The average Bonchev–Trinajstić information content (AvgIpc) is 3.50. The van der Waals surface area contributed by atoms with E-state index in [0.29, 0.717) is 55.4 Å². The van der Waals surface area contributed by atoms with Crippen molar-refractivity contribution in [3.8, 4) is 0 Å².